The molecule has 2 N–H and O–H groups in total. The van der Waals surface area contributed by atoms with Crippen LogP contribution in [-0.2, 0) is 0 Å². The van der Waals surface area contributed by atoms with Gasteiger partial charge in [0.15, 0.2) is 5.65 Å². The van der Waals surface area contributed by atoms with E-state index in [-0.39, 0.29) is 5.91 Å². The van der Waals surface area contributed by atoms with Crippen LogP contribution in [-0.4, -0.2) is 40.1 Å². The number of nitrogens with zero attached hydrogens (tertiary/aromatic N) is 3. The van der Waals surface area contributed by atoms with E-state index < -0.39 is 0 Å². The van der Waals surface area contributed by atoms with Crippen molar-refractivity contribution < 1.29 is 4.79 Å². The molecular weight excluding hydrogens is 254 g/mol. The summed E-state index contributed by atoms with van der Waals surface area (Å²) >= 11 is 0. The first-order chi connectivity index (χ1) is 9.65. The molecule has 0 spiro atoms. The number of nitrogens with one attached hydrogen (secondary N) is 2. The molecule has 1 amide bonds. The highest BCUT2D eigenvalue weighted by Crippen LogP contribution is 2.12. The van der Waals surface area contributed by atoms with Gasteiger partial charge < -0.3 is 10.6 Å². The molecule has 2 aromatic heterocycles. The Morgan fingerprint density at radius 2 is 2.40 bits per heavy atom. The number of rotatable bonds is 3. The summed E-state index contributed by atoms with van der Waals surface area (Å²) in [4.78, 5) is 16.7. The third-order valence-electron chi connectivity index (χ3n) is 3.74. The lowest BCUT2D eigenvalue weighted by Crippen LogP contribution is -2.30. The second-order valence-electron chi connectivity index (χ2n) is 5.40. The number of hydrogen-bond donors (Lipinski definition) is 2. The first kappa shape index (κ1) is 13.1. The average Bonchev–Trinajstić information content (AvgIpc) is 3.04. The van der Waals surface area contributed by atoms with Crippen molar-refractivity contribution in [1.82, 2.24) is 25.2 Å². The predicted molar refractivity (Wildman–Crippen MR) is 75.8 cm³/mol. The smallest absolute Gasteiger partial charge is 0.256 e. The maximum atomic E-state index is 12.3. The zero-order chi connectivity index (χ0) is 14.1. The minimum Gasteiger partial charge on any atom is -0.352 e. The van der Waals surface area contributed by atoms with Gasteiger partial charge in [-0.3, -0.25) is 4.79 Å². The van der Waals surface area contributed by atoms with Crippen LogP contribution in [0, 0.1) is 19.8 Å². The van der Waals surface area contributed by atoms with E-state index in [0.717, 1.165) is 30.9 Å². The van der Waals surface area contributed by atoms with Gasteiger partial charge in [0.05, 0.1) is 6.20 Å². The summed E-state index contributed by atoms with van der Waals surface area (Å²) in [5.41, 5.74) is 3.04. The molecule has 1 unspecified atom stereocenters. The first-order valence-electron chi connectivity index (χ1n) is 6.96. The van der Waals surface area contributed by atoms with E-state index in [1.807, 2.05) is 19.9 Å². The summed E-state index contributed by atoms with van der Waals surface area (Å²) < 4.78 is 1.71. The molecule has 0 saturated carbocycles. The minimum atomic E-state index is -0.0931. The molecule has 6 nitrogen and oxygen atoms in total. The second-order valence-corrected chi connectivity index (χ2v) is 5.40. The fraction of sp³-hybridized carbons (Fsp3) is 0.500. The summed E-state index contributed by atoms with van der Waals surface area (Å²) in [6.45, 7) is 6.60. The molecule has 1 atom stereocenters. The maximum Gasteiger partial charge on any atom is 0.256 e. The third kappa shape index (κ3) is 2.38. The number of carbonyl (C=O) groups excluding carboxylic acids is 1. The first-order valence-corrected chi connectivity index (χ1v) is 6.96. The molecule has 0 aliphatic carbocycles. The molecule has 1 fully saturated rings. The number of carbonyl (C=O) groups is 1. The van der Waals surface area contributed by atoms with Gasteiger partial charge in [0, 0.05) is 17.9 Å². The Morgan fingerprint density at radius 1 is 1.55 bits per heavy atom. The van der Waals surface area contributed by atoms with E-state index in [4.69, 9.17) is 0 Å². The Morgan fingerprint density at radius 3 is 3.15 bits per heavy atom. The van der Waals surface area contributed by atoms with Crippen molar-refractivity contribution in [2.24, 2.45) is 5.92 Å². The van der Waals surface area contributed by atoms with Crippen LogP contribution in [0.25, 0.3) is 5.65 Å². The molecule has 6 heteroatoms. The van der Waals surface area contributed by atoms with Crippen LogP contribution in [0.2, 0.25) is 0 Å². The van der Waals surface area contributed by atoms with Gasteiger partial charge in [-0.2, -0.15) is 5.10 Å². The topological polar surface area (TPSA) is 71.3 Å². The van der Waals surface area contributed by atoms with E-state index >= 15 is 0 Å². The largest absolute Gasteiger partial charge is 0.352 e. The minimum absolute atomic E-state index is 0.0931. The van der Waals surface area contributed by atoms with Crippen molar-refractivity contribution in [1.29, 1.82) is 0 Å². The summed E-state index contributed by atoms with van der Waals surface area (Å²) in [6.07, 6.45) is 2.71. The van der Waals surface area contributed by atoms with Crippen molar-refractivity contribution in [2.45, 2.75) is 20.3 Å². The standard InChI is InChI=1S/C14H19N5O/c1-9-5-10(2)19-13(18-9)12(8-17-19)14(20)16-7-11-3-4-15-6-11/h5,8,11,15H,3-4,6-7H2,1-2H3,(H,16,20). The maximum absolute atomic E-state index is 12.3. The molecule has 0 radical (unpaired) electrons. The quantitative estimate of drug-likeness (QED) is 0.863. The molecule has 1 aliphatic heterocycles. The van der Waals surface area contributed by atoms with Gasteiger partial charge in [-0.25, -0.2) is 9.50 Å². The van der Waals surface area contributed by atoms with Crippen molar-refractivity contribution in [3.8, 4) is 0 Å². The van der Waals surface area contributed by atoms with E-state index in [9.17, 15) is 4.79 Å². The summed E-state index contributed by atoms with van der Waals surface area (Å²) in [7, 11) is 0. The Hall–Kier alpha value is -1.95. The van der Waals surface area contributed by atoms with Gasteiger partial charge in [-0.05, 0) is 45.3 Å². The van der Waals surface area contributed by atoms with Crippen molar-refractivity contribution in [3.63, 3.8) is 0 Å². The second kappa shape index (κ2) is 5.20. The van der Waals surface area contributed by atoms with Gasteiger partial charge in [0.25, 0.3) is 5.91 Å². The fourth-order valence-corrected chi connectivity index (χ4v) is 2.65. The van der Waals surface area contributed by atoms with Crippen LogP contribution in [0.1, 0.15) is 28.2 Å². The number of aromatic nitrogens is 3. The Kier molecular flexibility index (Phi) is 3.40. The van der Waals surface area contributed by atoms with Crippen molar-refractivity contribution in [2.75, 3.05) is 19.6 Å². The number of hydrogen-bond acceptors (Lipinski definition) is 4. The molecule has 0 bridgehead atoms. The molecule has 1 saturated heterocycles. The molecule has 2 aromatic rings. The average molecular weight is 273 g/mol. The highest BCUT2D eigenvalue weighted by Gasteiger charge is 2.18. The van der Waals surface area contributed by atoms with Gasteiger partial charge in [-0.1, -0.05) is 0 Å². The fourth-order valence-electron chi connectivity index (χ4n) is 2.65. The lowest BCUT2D eigenvalue weighted by molar-refractivity contribution is 0.0949. The Balaban J connectivity index is 1.80. The van der Waals surface area contributed by atoms with E-state index in [1.165, 1.54) is 0 Å². The zero-order valence-electron chi connectivity index (χ0n) is 11.8. The van der Waals surface area contributed by atoms with Gasteiger partial charge in [0.1, 0.15) is 5.56 Å². The van der Waals surface area contributed by atoms with Crippen LogP contribution in [0.4, 0.5) is 0 Å². The van der Waals surface area contributed by atoms with Crippen LogP contribution in [0.3, 0.4) is 0 Å². The zero-order valence-corrected chi connectivity index (χ0v) is 11.8. The van der Waals surface area contributed by atoms with Gasteiger partial charge >= 0.3 is 0 Å². The Labute approximate surface area is 117 Å². The molecule has 20 heavy (non-hydrogen) atoms. The van der Waals surface area contributed by atoms with Gasteiger partial charge in [-0.15, -0.1) is 0 Å². The van der Waals surface area contributed by atoms with E-state index in [1.54, 1.807) is 10.7 Å². The lowest BCUT2D eigenvalue weighted by atomic mass is 10.1. The van der Waals surface area contributed by atoms with Crippen molar-refractivity contribution >= 4 is 11.6 Å². The molecule has 3 heterocycles. The predicted octanol–water partition coefficient (Wildman–Crippen LogP) is 0.685. The summed E-state index contributed by atoms with van der Waals surface area (Å²) in [6, 6.07) is 1.95. The van der Waals surface area contributed by atoms with Crippen LogP contribution in [0.15, 0.2) is 12.3 Å². The van der Waals surface area contributed by atoms with Crippen LogP contribution < -0.4 is 10.6 Å². The van der Waals surface area contributed by atoms with Crippen LogP contribution in [0.5, 0.6) is 0 Å². The molecule has 3 rings (SSSR count). The molecule has 1 aliphatic rings. The molecular formula is C14H19N5O. The van der Waals surface area contributed by atoms with E-state index in [0.29, 0.717) is 23.7 Å². The summed E-state index contributed by atoms with van der Waals surface area (Å²) in [5, 5.41) is 10.5. The van der Waals surface area contributed by atoms with Crippen molar-refractivity contribution in [3.05, 3.63) is 29.2 Å². The molecule has 106 valence electrons. The summed E-state index contributed by atoms with van der Waals surface area (Å²) in [5.74, 6) is 0.432. The third-order valence-corrected chi connectivity index (χ3v) is 3.74. The highest BCUT2D eigenvalue weighted by molar-refractivity contribution is 5.99. The lowest BCUT2D eigenvalue weighted by Gasteiger charge is -2.09. The number of aryl methyl sites for hydroxylation is 2. The van der Waals surface area contributed by atoms with E-state index in [2.05, 4.69) is 20.7 Å². The number of fused-ring (bicyclic) bond motifs is 1. The van der Waals surface area contributed by atoms with Crippen LogP contribution >= 0.6 is 0 Å². The normalized spacial score (nSPS) is 18.6. The Bertz CT molecular complexity index is 642. The highest BCUT2D eigenvalue weighted by atomic mass is 16.1. The van der Waals surface area contributed by atoms with Gasteiger partial charge in [0.2, 0.25) is 0 Å². The number of amides is 1. The monoisotopic (exact) mass is 273 g/mol. The molecule has 0 aromatic carbocycles. The SMILES string of the molecule is Cc1cc(C)n2ncc(C(=O)NCC3CCNC3)c2n1.